The van der Waals surface area contributed by atoms with Crippen molar-refractivity contribution in [3.05, 3.63) is 99.6 Å². The number of para-hydroxylation sites is 1. The van der Waals surface area contributed by atoms with Crippen molar-refractivity contribution in [1.82, 2.24) is 0 Å². The molecule has 0 saturated heterocycles. The van der Waals surface area contributed by atoms with Gasteiger partial charge in [0.05, 0.1) is 4.92 Å². The third kappa shape index (κ3) is 2.58. The number of phenols is 1. The molecule has 0 saturated carbocycles. The maximum Gasteiger partial charge on any atom is 0.270 e. The van der Waals surface area contributed by atoms with Crippen molar-refractivity contribution >= 4 is 11.3 Å². The number of hydrogen-bond acceptors (Lipinski definition) is 3. The summed E-state index contributed by atoms with van der Waals surface area (Å²) in [4.78, 5) is 10.8. The summed E-state index contributed by atoms with van der Waals surface area (Å²) < 4.78 is 0. The molecule has 0 aromatic heterocycles. The van der Waals surface area contributed by atoms with Crippen LogP contribution >= 0.6 is 0 Å². The molecule has 0 amide bonds. The molecule has 0 aliphatic heterocycles. The Bertz CT molecular complexity index is 1020. The van der Waals surface area contributed by atoms with E-state index in [4.69, 9.17) is 0 Å². The summed E-state index contributed by atoms with van der Waals surface area (Å²) in [5.74, 6) is 0.255. The molecular formula is C21H15NO3. The minimum Gasteiger partial charge on any atom is -0.508 e. The molecule has 0 spiro atoms. The number of nitrogens with zero attached hydrogens (tertiary/aromatic N) is 1. The highest BCUT2D eigenvalue weighted by atomic mass is 16.6. The van der Waals surface area contributed by atoms with Crippen molar-refractivity contribution in [2.24, 2.45) is 0 Å². The Hall–Kier alpha value is -3.40. The van der Waals surface area contributed by atoms with Gasteiger partial charge in [0, 0.05) is 12.1 Å². The molecule has 0 fully saturated rings. The van der Waals surface area contributed by atoms with Gasteiger partial charge in [-0.1, -0.05) is 48.5 Å². The molecule has 1 aliphatic carbocycles. The summed E-state index contributed by atoms with van der Waals surface area (Å²) in [7, 11) is 0. The summed E-state index contributed by atoms with van der Waals surface area (Å²) in [5.41, 5.74) is 5.89. The van der Waals surface area contributed by atoms with E-state index in [1.807, 2.05) is 48.5 Å². The summed E-state index contributed by atoms with van der Waals surface area (Å²) in [6.45, 7) is 0. The molecule has 0 atom stereocenters. The molecular weight excluding hydrogens is 314 g/mol. The van der Waals surface area contributed by atoms with Crippen LogP contribution < -0.4 is 0 Å². The van der Waals surface area contributed by atoms with Crippen molar-refractivity contribution in [1.29, 1.82) is 0 Å². The zero-order valence-corrected chi connectivity index (χ0v) is 13.3. The fourth-order valence-electron chi connectivity index (χ4n) is 3.32. The lowest BCUT2D eigenvalue weighted by Crippen LogP contribution is -1.90. The number of hydrogen-bond donors (Lipinski definition) is 1. The van der Waals surface area contributed by atoms with Crippen LogP contribution in [0.2, 0.25) is 0 Å². The number of allylic oxidation sites excluding steroid dienone is 1. The highest BCUT2D eigenvalue weighted by Gasteiger charge is 2.25. The molecule has 1 N–H and O–H groups in total. The van der Waals surface area contributed by atoms with Gasteiger partial charge in [-0.3, -0.25) is 10.1 Å². The molecule has 3 aromatic rings. The molecule has 25 heavy (non-hydrogen) atoms. The van der Waals surface area contributed by atoms with Crippen LogP contribution in [0.4, 0.5) is 5.69 Å². The first-order valence-electron chi connectivity index (χ1n) is 8.01. The second-order valence-electron chi connectivity index (χ2n) is 5.98. The average molecular weight is 329 g/mol. The Labute approximate surface area is 144 Å². The first-order chi connectivity index (χ1) is 12.1. The SMILES string of the molecule is O=[N+]([O-])c1ccc2c(c1)/C(=C/Cc1ccccc1O)c1ccccc1-2. The summed E-state index contributed by atoms with van der Waals surface area (Å²) in [6, 6.07) is 20.2. The molecule has 1 aliphatic rings. The first kappa shape index (κ1) is 15.1. The number of non-ortho nitro benzene ring substituents is 1. The van der Waals surface area contributed by atoms with Crippen LogP contribution in [-0.4, -0.2) is 10.0 Å². The van der Waals surface area contributed by atoms with Gasteiger partial charge in [-0.25, -0.2) is 0 Å². The van der Waals surface area contributed by atoms with E-state index in [2.05, 4.69) is 0 Å². The van der Waals surface area contributed by atoms with Crippen LogP contribution in [0, 0.1) is 10.1 Å². The Kier molecular flexibility index (Phi) is 3.58. The van der Waals surface area contributed by atoms with Crippen molar-refractivity contribution in [2.75, 3.05) is 0 Å². The van der Waals surface area contributed by atoms with E-state index in [-0.39, 0.29) is 16.4 Å². The highest BCUT2D eigenvalue weighted by molar-refractivity contribution is 6.01. The normalized spacial score (nSPS) is 13.5. The molecule has 0 bridgehead atoms. The van der Waals surface area contributed by atoms with E-state index in [1.165, 1.54) is 0 Å². The lowest BCUT2D eigenvalue weighted by Gasteiger charge is -2.05. The Morgan fingerprint density at radius 1 is 0.880 bits per heavy atom. The first-order valence-corrected chi connectivity index (χ1v) is 8.01. The quantitative estimate of drug-likeness (QED) is 0.427. The van der Waals surface area contributed by atoms with Crippen LogP contribution in [-0.2, 0) is 6.42 Å². The summed E-state index contributed by atoms with van der Waals surface area (Å²) in [5, 5.41) is 21.1. The topological polar surface area (TPSA) is 63.4 Å². The maximum absolute atomic E-state index is 11.2. The predicted molar refractivity (Wildman–Crippen MR) is 97.4 cm³/mol. The van der Waals surface area contributed by atoms with Gasteiger partial charge in [0.1, 0.15) is 5.75 Å². The number of aromatic hydroxyl groups is 1. The van der Waals surface area contributed by atoms with Gasteiger partial charge in [-0.2, -0.15) is 0 Å². The smallest absolute Gasteiger partial charge is 0.270 e. The van der Waals surface area contributed by atoms with Crippen molar-refractivity contribution in [2.45, 2.75) is 6.42 Å². The van der Waals surface area contributed by atoms with Crippen LogP contribution in [0.25, 0.3) is 16.7 Å². The van der Waals surface area contributed by atoms with Crippen LogP contribution in [0.3, 0.4) is 0 Å². The Balaban J connectivity index is 1.85. The maximum atomic E-state index is 11.2. The number of phenolic OH excluding ortho intramolecular Hbond substituents is 1. The number of nitro benzene ring substituents is 1. The van der Waals surface area contributed by atoms with Gasteiger partial charge in [-0.05, 0) is 51.9 Å². The van der Waals surface area contributed by atoms with Crippen molar-refractivity contribution in [3.63, 3.8) is 0 Å². The van der Waals surface area contributed by atoms with E-state index in [0.29, 0.717) is 6.42 Å². The number of fused-ring (bicyclic) bond motifs is 3. The molecule has 0 radical (unpaired) electrons. The number of benzene rings is 3. The largest absolute Gasteiger partial charge is 0.508 e. The van der Waals surface area contributed by atoms with E-state index < -0.39 is 0 Å². The van der Waals surface area contributed by atoms with Gasteiger partial charge in [0.2, 0.25) is 0 Å². The second kappa shape index (κ2) is 5.91. The van der Waals surface area contributed by atoms with Gasteiger partial charge in [-0.15, -0.1) is 0 Å². The van der Waals surface area contributed by atoms with Crippen molar-refractivity contribution < 1.29 is 10.0 Å². The molecule has 4 heteroatoms. The molecule has 0 heterocycles. The van der Waals surface area contributed by atoms with Crippen molar-refractivity contribution in [3.8, 4) is 16.9 Å². The molecule has 0 unspecified atom stereocenters. The predicted octanol–water partition coefficient (Wildman–Crippen LogP) is 4.96. The van der Waals surface area contributed by atoms with E-state index in [1.54, 1.807) is 24.3 Å². The second-order valence-corrected chi connectivity index (χ2v) is 5.98. The third-order valence-electron chi connectivity index (χ3n) is 4.53. The van der Waals surface area contributed by atoms with Gasteiger partial charge < -0.3 is 5.11 Å². The molecule has 122 valence electrons. The molecule has 4 nitrogen and oxygen atoms in total. The zero-order valence-electron chi connectivity index (χ0n) is 13.3. The third-order valence-corrected chi connectivity index (χ3v) is 4.53. The number of nitro groups is 1. The minimum atomic E-state index is -0.371. The number of rotatable bonds is 3. The Morgan fingerprint density at radius 3 is 2.32 bits per heavy atom. The monoisotopic (exact) mass is 329 g/mol. The lowest BCUT2D eigenvalue weighted by molar-refractivity contribution is -0.384. The van der Waals surface area contributed by atoms with Gasteiger partial charge >= 0.3 is 0 Å². The van der Waals surface area contributed by atoms with E-state index >= 15 is 0 Å². The van der Waals surface area contributed by atoms with Gasteiger partial charge in [0.25, 0.3) is 5.69 Å². The van der Waals surface area contributed by atoms with E-state index in [0.717, 1.165) is 33.4 Å². The highest BCUT2D eigenvalue weighted by Crippen LogP contribution is 2.45. The molecule has 3 aromatic carbocycles. The van der Waals surface area contributed by atoms with Crippen LogP contribution in [0.5, 0.6) is 5.75 Å². The molecule has 4 rings (SSSR count). The van der Waals surface area contributed by atoms with E-state index in [9.17, 15) is 15.2 Å². The standard InChI is InChI=1S/C21H15NO3/c23-21-8-4-1-5-14(21)9-11-18-16-6-2-3-7-17(16)19-12-10-15(22(24)25)13-20(18)19/h1-8,10-13,23H,9H2/b18-11+. The summed E-state index contributed by atoms with van der Waals surface area (Å²) in [6.07, 6.45) is 2.59. The Morgan fingerprint density at radius 2 is 1.56 bits per heavy atom. The lowest BCUT2D eigenvalue weighted by atomic mass is 10.0. The van der Waals surface area contributed by atoms with Crippen LogP contribution in [0.15, 0.2) is 72.8 Å². The minimum absolute atomic E-state index is 0.0833. The summed E-state index contributed by atoms with van der Waals surface area (Å²) >= 11 is 0. The average Bonchev–Trinajstić information content (AvgIpc) is 2.94. The fraction of sp³-hybridized carbons (Fsp3) is 0.0476. The van der Waals surface area contributed by atoms with Gasteiger partial charge in [0.15, 0.2) is 0 Å². The van der Waals surface area contributed by atoms with Crippen LogP contribution in [0.1, 0.15) is 16.7 Å². The zero-order chi connectivity index (χ0) is 17.4. The fourth-order valence-corrected chi connectivity index (χ4v) is 3.32.